The van der Waals surface area contributed by atoms with Gasteiger partial charge in [0.2, 0.25) is 5.91 Å². The van der Waals surface area contributed by atoms with Crippen LogP contribution in [0.15, 0.2) is 0 Å². The summed E-state index contributed by atoms with van der Waals surface area (Å²) in [7, 11) is 0. The molecular weight excluding hydrogens is 349 g/mol. The molecule has 2 bridgehead atoms. The number of nitrogens with zero attached hydrogens (tertiary/aromatic N) is 1. The number of rotatable bonds is 4. The van der Waals surface area contributed by atoms with Gasteiger partial charge in [0, 0.05) is 25.1 Å². The molecule has 0 aromatic rings. The molecule has 0 aromatic heterocycles. The number of hydrogen-bond donors (Lipinski definition) is 2. The number of aliphatic hydroxyl groups is 1. The van der Waals surface area contributed by atoms with Crippen LogP contribution in [-0.2, 0) is 9.59 Å². The maximum absolute atomic E-state index is 13.1. The van der Waals surface area contributed by atoms with Crippen molar-refractivity contribution in [2.75, 3.05) is 19.7 Å². The van der Waals surface area contributed by atoms with Gasteiger partial charge in [0.25, 0.3) is 0 Å². The van der Waals surface area contributed by atoms with Crippen LogP contribution in [0, 0.1) is 17.3 Å². The van der Waals surface area contributed by atoms with E-state index < -0.39 is 23.5 Å². The van der Waals surface area contributed by atoms with E-state index in [0.717, 1.165) is 32.1 Å². The summed E-state index contributed by atoms with van der Waals surface area (Å²) in [6, 6.07) is -1.16. The third-order valence-corrected chi connectivity index (χ3v) is 6.41. The van der Waals surface area contributed by atoms with E-state index in [1.165, 1.54) is 0 Å². The largest absolute Gasteiger partial charge is 0.471 e. The van der Waals surface area contributed by atoms with Crippen LogP contribution in [0.25, 0.3) is 0 Å². The summed E-state index contributed by atoms with van der Waals surface area (Å²) in [5, 5.41) is 11.7. The van der Waals surface area contributed by atoms with Crippen molar-refractivity contribution in [2.45, 2.75) is 63.6 Å². The molecule has 1 saturated heterocycles. The Morgan fingerprint density at radius 3 is 2.50 bits per heavy atom. The Kier molecular flexibility index (Phi) is 5.51. The van der Waals surface area contributed by atoms with Crippen molar-refractivity contribution in [1.29, 1.82) is 0 Å². The molecule has 2 aliphatic carbocycles. The van der Waals surface area contributed by atoms with Gasteiger partial charge in [0.05, 0.1) is 0 Å². The molecule has 3 rings (SSSR count). The number of carbonyl (C=O) groups is 2. The van der Waals surface area contributed by atoms with E-state index in [1.807, 2.05) is 0 Å². The highest BCUT2D eigenvalue weighted by Gasteiger charge is 2.53. The normalized spacial score (nSPS) is 33.0. The van der Waals surface area contributed by atoms with Gasteiger partial charge in [-0.05, 0) is 50.4 Å². The minimum Gasteiger partial charge on any atom is -0.396 e. The molecule has 2 saturated carbocycles. The lowest BCUT2D eigenvalue weighted by Gasteiger charge is -2.52. The molecule has 3 aliphatic rings. The summed E-state index contributed by atoms with van der Waals surface area (Å²) in [6.45, 7) is 1.02. The molecule has 2 amide bonds. The van der Waals surface area contributed by atoms with Crippen molar-refractivity contribution in [3.63, 3.8) is 0 Å². The lowest BCUT2D eigenvalue weighted by atomic mass is 9.56. The van der Waals surface area contributed by atoms with E-state index in [-0.39, 0.29) is 18.4 Å². The average Bonchev–Trinajstić information content (AvgIpc) is 3.12. The Hall–Kier alpha value is -1.31. The van der Waals surface area contributed by atoms with Crippen LogP contribution in [0.5, 0.6) is 0 Å². The second-order valence-corrected chi connectivity index (χ2v) is 8.25. The Labute approximate surface area is 151 Å². The summed E-state index contributed by atoms with van der Waals surface area (Å²) in [6.07, 6.45) is 1.05. The molecule has 1 aliphatic heterocycles. The molecule has 8 heteroatoms. The number of hydrogen-bond acceptors (Lipinski definition) is 3. The number of alkyl halides is 3. The third kappa shape index (κ3) is 3.85. The summed E-state index contributed by atoms with van der Waals surface area (Å²) in [5.74, 6) is -2.16. The molecule has 3 fully saturated rings. The van der Waals surface area contributed by atoms with Gasteiger partial charge >= 0.3 is 12.1 Å². The van der Waals surface area contributed by atoms with Crippen LogP contribution in [0.1, 0.15) is 51.4 Å². The molecule has 26 heavy (non-hydrogen) atoms. The highest BCUT2D eigenvalue weighted by Crippen LogP contribution is 2.53. The third-order valence-electron chi connectivity index (χ3n) is 6.41. The molecule has 0 aromatic carbocycles. The van der Waals surface area contributed by atoms with Crippen LogP contribution in [0.3, 0.4) is 0 Å². The zero-order chi connectivity index (χ0) is 18.9. The van der Waals surface area contributed by atoms with Crippen molar-refractivity contribution >= 4 is 11.8 Å². The van der Waals surface area contributed by atoms with Crippen molar-refractivity contribution in [2.24, 2.45) is 17.3 Å². The smallest absolute Gasteiger partial charge is 0.396 e. The molecule has 148 valence electrons. The Morgan fingerprint density at radius 2 is 1.88 bits per heavy atom. The second kappa shape index (κ2) is 7.37. The highest BCUT2D eigenvalue weighted by atomic mass is 19.4. The predicted molar refractivity (Wildman–Crippen MR) is 88.0 cm³/mol. The van der Waals surface area contributed by atoms with E-state index >= 15 is 0 Å². The van der Waals surface area contributed by atoms with Gasteiger partial charge in [-0.1, -0.05) is 12.8 Å². The molecule has 5 nitrogen and oxygen atoms in total. The molecule has 3 unspecified atom stereocenters. The Balaban J connectivity index is 1.90. The van der Waals surface area contributed by atoms with Crippen LogP contribution in [0.4, 0.5) is 13.2 Å². The monoisotopic (exact) mass is 376 g/mol. The van der Waals surface area contributed by atoms with E-state index in [4.69, 9.17) is 0 Å². The second-order valence-electron chi connectivity index (χ2n) is 8.25. The summed E-state index contributed by atoms with van der Waals surface area (Å²) >= 11 is 0. The number of likely N-dealkylation sites (tertiary alicyclic amines) is 1. The first kappa shape index (κ1) is 19.5. The SMILES string of the molecule is O=C([C@@H](NC(=O)C(F)(F)F)C12CCCC(CC(CO)C1)C2)N1CCCC1. The zero-order valence-electron chi connectivity index (χ0n) is 14.9. The van der Waals surface area contributed by atoms with E-state index in [0.29, 0.717) is 38.3 Å². The molecule has 1 heterocycles. The van der Waals surface area contributed by atoms with Gasteiger partial charge in [-0.3, -0.25) is 9.59 Å². The number of carbonyl (C=O) groups excluding carboxylic acids is 2. The fourth-order valence-electron chi connectivity index (χ4n) is 5.37. The lowest BCUT2D eigenvalue weighted by molar-refractivity contribution is -0.177. The standard InChI is InChI=1S/C18H27F3N2O3/c19-18(20,21)16(26)22-14(15(25)23-6-1-2-7-23)17-5-3-4-12(9-17)8-13(10-17)11-24/h12-14,24H,1-11H2,(H,22,26)/t12?,13?,14-,17?/m1/s1. The minimum absolute atomic E-state index is 0.0225. The highest BCUT2D eigenvalue weighted by molar-refractivity contribution is 5.90. The first-order valence-electron chi connectivity index (χ1n) is 9.52. The number of aliphatic hydroxyl groups excluding tert-OH is 1. The Bertz CT molecular complexity index is 548. The zero-order valence-corrected chi connectivity index (χ0v) is 14.9. The first-order chi connectivity index (χ1) is 12.2. The lowest BCUT2D eigenvalue weighted by Crippen LogP contribution is -2.61. The summed E-state index contributed by atoms with van der Waals surface area (Å²) in [5.41, 5.74) is -0.685. The van der Waals surface area contributed by atoms with Gasteiger partial charge in [0.1, 0.15) is 6.04 Å². The van der Waals surface area contributed by atoms with Crippen molar-refractivity contribution in [3.8, 4) is 0 Å². The fourth-order valence-corrected chi connectivity index (χ4v) is 5.37. The van der Waals surface area contributed by atoms with Crippen molar-refractivity contribution in [3.05, 3.63) is 0 Å². The van der Waals surface area contributed by atoms with E-state index in [1.54, 1.807) is 4.90 Å². The van der Waals surface area contributed by atoms with Gasteiger partial charge in [-0.25, -0.2) is 0 Å². The van der Waals surface area contributed by atoms with E-state index in [2.05, 4.69) is 5.32 Å². The summed E-state index contributed by atoms with van der Waals surface area (Å²) in [4.78, 5) is 26.4. The average molecular weight is 376 g/mol. The first-order valence-corrected chi connectivity index (χ1v) is 9.52. The fraction of sp³-hybridized carbons (Fsp3) is 0.889. The minimum atomic E-state index is -5.01. The number of nitrogens with one attached hydrogen (secondary N) is 1. The molecule has 0 spiro atoms. The van der Waals surface area contributed by atoms with Crippen LogP contribution in [0.2, 0.25) is 0 Å². The molecule has 4 atom stereocenters. The Morgan fingerprint density at radius 1 is 1.19 bits per heavy atom. The van der Waals surface area contributed by atoms with Crippen LogP contribution >= 0.6 is 0 Å². The van der Waals surface area contributed by atoms with Gasteiger partial charge < -0.3 is 15.3 Å². The van der Waals surface area contributed by atoms with Crippen molar-refractivity contribution < 1.29 is 27.9 Å². The number of halogens is 3. The predicted octanol–water partition coefficient (Wildman–Crippen LogP) is 2.23. The maximum atomic E-state index is 13.1. The van der Waals surface area contributed by atoms with Gasteiger partial charge in [0.15, 0.2) is 0 Å². The van der Waals surface area contributed by atoms with Crippen LogP contribution in [-0.4, -0.2) is 53.7 Å². The van der Waals surface area contributed by atoms with Crippen LogP contribution < -0.4 is 5.32 Å². The van der Waals surface area contributed by atoms with Gasteiger partial charge in [-0.2, -0.15) is 13.2 Å². The molecular formula is C18H27F3N2O3. The molecule has 0 radical (unpaired) electrons. The van der Waals surface area contributed by atoms with Gasteiger partial charge in [-0.15, -0.1) is 0 Å². The quantitative estimate of drug-likeness (QED) is 0.791. The number of amides is 2. The topological polar surface area (TPSA) is 69.6 Å². The summed E-state index contributed by atoms with van der Waals surface area (Å²) < 4.78 is 38.7. The molecule has 2 N–H and O–H groups in total. The number of fused-ring (bicyclic) bond motifs is 2. The maximum Gasteiger partial charge on any atom is 0.471 e. The van der Waals surface area contributed by atoms with E-state index in [9.17, 15) is 27.9 Å². The van der Waals surface area contributed by atoms with Crippen molar-refractivity contribution in [1.82, 2.24) is 10.2 Å².